The van der Waals surface area contributed by atoms with Crippen molar-refractivity contribution in [2.24, 2.45) is 0 Å². The van der Waals surface area contributed by atoms with Gasteiger partial charge in [0.25, 0.3) is 0 Å². The van der Waals surface area contributed by atoms with Gasteiger partial charge >= 0.3 is 0 Å². The number of methoxy groups -OCH3 is 1. The fourth-order valence-electron chi connectivity index (χ4n) is 4.88. The Balaban J connectivity index is 1.41. The van der Waals surface area contributed by atoms with Crippen LogP contribution in [-0.4, -0.2) is 63.3 Å². The van der Waals surface area contributed by atoms with Crippen molar-refractivity contribution in [2.75, 3.05) is 33.3 Å². The summed E-state index contributed by atoms with van der Waals surface area (Å²) >= 11 is 0. The molecule has 7 nitrogen and oxygen atoms in total. The number of ether oxygens (including phenoxy) is 1. The fourth-order valence-corrected chi connectivity index (χ4v) is 4.88. The van der Waals surface area contributed by atoms with Crippen LogP contribution < -0.4 is 4.74 Å². The molecule has 0 radical (unpaired) electrons. The van der Waals surface area contributed by atoms with Gasteiger partial charge in [0.15, 0.2) is 5.82 Å². The molecule has 1 atom stereocenters. The second-order valence-corrected chi connectivity index (χ2v) is 8.35. The van der Waals surface area contributed by atoms with E-state index in [-0.39, 0.29) is 0 Å². The molecule has 1 aliphatic carbocycles. The van der Waals surface area contributed by atoms with Crippen molar-refractivity contribution >= 4 is 0 Å². The Morgan fingerprint density at radius 2 is 1.86 bits per heavy atom. The zero-order valence-electron chi connectivity index (χ0n) is 17.8. The molecular formula is C22H34N6O. The first kappa shape index (κ1) is 20.3. The number of piperazine rings is 1. The maximum absolute atomic E-state index is 5.53. The lowest BCUT2D eigenvalue weighted by Gasteiger charge is -2.39. The summed E-state index contributed by atoms with van der Waals surface area (Å²) in [6.07, 6.45) is 7.27. The summed E-state index contributed by atoms with van der Waals surface area (Å²) in [5.74, 6) is 2.06. The van der Waals surface area contributed by atoms with Crippen molar-refractivity contribution in [1.82, 2.24) is 30.0 Å². The molecule has 1 aliphatic heterocycles. The van der Waals surface area contributed by atoms with Gasteiger partial charge in [0.2, 0.25) is 0 Å². The van der Waals surface area contributed by atoms with Gasteiger partial charge in [-0.15, -0.1) is 5.10 Å². The first-order valence-electron chi connectivity index (χ1n) is 11.2. The van der Waals surface area contributed by atoms with E-state index >= 15 is 0 Å². The van der Waals surface area contributed by atoms with Crippen LogP contribution in [0, 0.1) is 0 Å². The second kappa shape index (κ2) is 9.67. The highest BCUT2D eigenvalue weighted by Crippen LogP contribution is 2.33. The van der Waals surface area contributed by atoms with Gasteiger partial charge in [0.1, 0.15) is 5.75 Å². The molecular weight excluding hydrogens is 364 g/mol. The highest BCUT2D eigenvalue weighted by atomic mass is 16.5. The highest BCUT2D eigenvalue weighted by molar-refractivity contribution is 5.33. The van der Waals surface area contributed by atoms with Crippen LogP contribution in [0.1, 0.15) is 68.9 Å². The van der Waals surface area contributed by atoms with Gasteiger partial charge in [0.05, 0.1) is 19.2 Å². The van der Waals surface area contributed by atoms with Crippen LogP contribution in [0.5, 0.6) is 5.75 Å². The highest BCUT2D eigenvalue weighted by Gasteiger charge is 2.31. The minimum atomic E-state index is 0.323. The molecule has 2 fully saturated rings. The third-order valence-electron chi connectivity index (χ3n) is 6.48. The van der Waals surface area contributed by atoms with Gasteiger partial charge < -0.3 is 4.74 Å². The summed E-state index contributed by atoms with van der Waals surface area (Å²) < 4.78 is 7.67. The average molecular weight is 399 g/mol. The molecule has 2 aromatic rings. The topological polar surface area (TPSA) is 59.3 Å². The third-order valence-corrected chi connectivity index (χ3v) is 6.48. The normalized spacial score (nSPS) is 20.2. The molecule has 0 unspecified atom stereocenters. The first-order valence-corrected chi connectivity index (χ1v) is 11.2. The van der Waals surface area contributed by atoms with Crippen LogP contribution in [0.25, 0.3) is 0 Å². The molecule has 2 heterocycles. The van der Waals surface area contributed by atoms with E-state index in [9.17, 15) is 0 Å². The second-order valence-electron chi connectivity index (χ2n) is 8.35. The Morgan fingerprint density at radius 1 is 1.10 bits per heavy atom. The molecule has 0 bridgehead atoms. The van der Waals surface area contributed by atoms with E-state index in [1.165, 1.54) is 31.2 Å². The largest absolute Gasteiger partial charge is 0.496 e. The van der Waals surface area contributed by atoms with Crippen molar-refractivity contribution in [3.05, 3.63) is 35.7 Å². The SMILES string of the molecule is CCC[C@@H](c1nnnn1C1CCCC1)N1CCN(Cc2ccccc2OC)CC1. The lowest BCUT2D eigenvalue weighted by Crippen LogP contribution is -2.47. The van der Waals surface area contributed by atoms with Gasteiger partial charge in [-0.05, 0) is 35.8 Å². The number of tetrazole rings is 1. The maximum Gasteiger partial charge on any atom is 0.168 e. The summed E-state index contributed by atoms with van der Waals surface area (Å²) in [5.41, 5.74) is 1.26. The fraction of sp³-hybridized carbons (Fsp3) is 0.682. The molecule has 158 valence electrons. The number of nitrogens with zero attached hydrogens (tertiary/aromatic N) is 6. The van der Waals surface area contributed by atoms with Gasteiger partial charge in [-0.3, -0.25) is 9.80 Å². The summed E-state index contributed by atoms with van der Waals surface area (Å²) in [7, 11) is 1.75. The molecule has 29 heavy (non-hydrogen) atoms. The molecule has 1 saturated heterocycles. The average Bonchev–Trinajstić information content (AvgIpc) is 3.45. The molecule has 1 aromatic heterocycles. The summed E-state index contributed by atoms with van der Waals surface area (Å²) in [5, 5.41) is 13.0. The van der Waals surface area contributed by atoms with Crippen molar-refractivity contribution in [3.63, 3.8) is 0 Å². The van der Waals surface area contributed by atoms with Crippen LogP contribution >= 0.6 is 0 Å². The quantitative estimate of drug-likeness (QED) is 0.679. The van der Waals surface area contributed by atoms with Gasteiger partial charge in [0, 0.05) is 38.3 Å². The first-order chi connectivity index (χ1) is 14.3. The number of rotatable bonds is 8. The standard InChI is InChI=1S/C22H34N6O/c1-3-8-20(22-23-24-25-28(22)19-10-5-6-11-19)27-15-13-26(14-16-27)17-18-9-4-7-12-21(18)29-2/h4,7,9,12,19-20H,3,5-6,8,10-11,13-17H2,1-2H3/t20-/m0/s1. The molecule has 0 amide bonds. The van der Waals surface area contributed by atoms with Gasteiger partial charge in [-0.25, -0.2) is 4.68 Å². The van der Waals surface area contributed by atoms with Gasteiger partial charge in [-0.2, -0.15) is 0 Å². The summed E-state index contributed by atoms with van der Waals surface area (Å²) in [6.45, 7) is 7.42. The Morgan fingerprint density at radius 3 is 2.59 bits per heavy atom. The van der Waals surface area contributed by atoms with Crippen molar-refractivity contribution in [1.29, 1.82) is 0 Å². The number of aromatic nitrogens is 4. The van der Waals surface area contributed by atoms with Gasteiger partial charge in [-0.1, -0.05) is 44.4 Å². The zero-order valence-corrected chi connectivity index (χ0v) is 17.8. The Kier molecular flexibility index (Phi) is 6.77. The van der Waals surface area contributed by atoms with E-state index in [4.69, 9.17) is 4.74 Å². The van der Waals surface area contributed by atoms with E-state index in [2.05, 4.69) is 49.1 Å². The Labute approximate surface area is 174 Å². The number of benzene rings is 1. The molecule has 0 spiro atoms. The van der Waals surface area contributed by atoms with Crippen molar-refractivity contribution < 1.29 is 4.74 Å². The lowest BCUT2D eigenvalue weighted by molar-refractivity contribution is 0.0806. The van der Waals surface area contributed by atoms with Crippen LogP contribution in [0.3, 0.4) is 0 Å². The van der Waals surface area contributed by atoms with E-state index in [1.54, 1.807) is 7.11 Å². The van der Waals surface area contributed by atoms with Crippen LogP contribution in [0.15, 0.2) is 24.3 Å². The Bertz CT molecular complexity index is 764. The van der Waals surface area contributed by atoms with Crippen LogP contribution in [-0.2, 0) is 6.54 Å². The summed E-state index contributed by atoms with van der Waals surface area (Å²) in [4.78, 5) is 5.12. The maximum atomic E-state index is 5.53. The van der Waals surface area contributed by atoms with Crippen molar-refractivity contribution in [3.8, 4) is 5.75 Å². The number of hydrogen-bond donors (Lipinski definition) is 0. The minimum absolute atomic E-state index is 0.323. The molecule has 1 aromatic carbocycles. The van der Waals surface area contributed by atoms with E-state index in [1.807, 2.05) is 12.1 Å². The molecule has 4 rings (SSSR count). The van der Waals surface area contributed by atoms with E-state index in [0.29, 0.717) is 12.1 Å². The molecule has 1 saturated carbocycles. The number of para-hydroxylation sites is 1. The van der Waals surface area contributed by atoms with Crippen molar-refractivity contribution in [2.45, 2.75) is 64.1 Å². The minimum Gasteiger partial charge on any atom is -0.496 e. The summed E-state index contributed by atoms with van der Waals surface area (Å²) in [6, 6.07) is 9.15. The smallest absolute Gasteiger partial charge is 0.168 e. The van der Waals surface area contributed by atoms with E-state index in [0.717, 1.165) is 57.1 Å². The molecule has 2 aliphatic rings. The van der Waals surface area contributed by atoms with E-state index < -0.39 is 0 Å². The van der Waals surface area contributed by atoms with Crippen LogP contribution in [0.4, 0.5) is 0 Å². The monoisotopic (exact) mass is 398 g/mol. The third kappa shape index (κ3) is 4.61. The molecule has 0 N–H and O–H groups in total. The van der Waals surface area contributed by atoms with Crippen LogP contribution in [0.2, 0.25) is 0 Å². The molecule has 7 heteroatoms. The number of hydrogen-bond acceptors (Lipinski definition) is 6. The Hall–Kier alpha value is -1.99. The lowest BCUT2D eigenvalue weighted by atomic mass is 10.1. The predicted octanol–water partition coefficient (Wildman–Crippen LogP) is 3.46. The zero-order chi connectivity index (χ0) is 20.1. The predicted molar refractivity (Wildman–Crippen MR) is 113 cm³/mol.